The SMILES string of the molecule is COCCNC(=O)Cn1cncc1CNC(C)(C)C. The molecule has 0 spiro atoms. The number of carbonyl (C=O) groups excluding carboxylic acids is 1. The third-order valence-electron chi connectivity index (χ3n) is 2.54. The summed E-state index contributed by atoms with van der Waals surface area (Å²) in [6.45, 7) is 8.33. The maximum atomic E-state index is 11.7. The fourth-order valence-corrected chi connectivity index (χ4v) is 1.50. The Hall–Kier alpha value is -1.40. The van der Waals surface area contributed by atoms with Crippen molar-refractivity contribution in [2.24, 2.45) is 0 Å². The van der Waals surface area contributed by atoms with Crippen LogP contribution in [0.5, 0.6) is 0 Å². The molecule has 1 heterocycles. The van der Waals surface area contributed by atoms with Gasteiger partial charge in [-0.05, 0) is 20.8 Å². The average molecular weight is 268 g/mol. The first kappa shape index (κ1) is 15.7. The average Bonchev–Trinajstić information content (AvgIpc) is 2.73. The number of hydrogen-bond acceptors (Lipinski definition) is 4. The number of nitrogens with zero attached hydrogens (tertiary/aromatic N) is 2. The van der Waals surface area contributed by atoms with Crippen molar-refractivity contribution in [3.8, 4) is 0 Å². The molecule has 0 aliphatic carbocycles. The van der Waals surface area contributed by atoms with E-state index in [1.807, 2.05) is 4.57 Å². The van der Waals surface area contributed by atoms with Gasteiger partial charge in [0.15, 0.2) is 0 Å². The van der Waals surface area contributed by atoms with Crippen molar-refractivity contribution < 1.29 is 9.53 Å². The zero-order valence-electron chi connectivity index (χ0n) is 12.2. The summed E-state index contributed by atoms with van der Waals surface area (Å²) in [7, 11) is 1.61. The Labute approximate surface area is 114 Å². The summed E-state index contributed by atoms with van der Waals surface area (Å²) in [5, 5.41) is 6.17. The Morgan fingerprint density at radius 2 is 2.21 bits per heavy atom. The van der Waals surface area contributed by atoms with Crippen molar-refractivity contribution in [1.82, 2.24) is 20.2 Å². The molecule has 0 aliphatic rings. The third-order valence-corrected chi connectivity index (χ3v) is 2.54. The van der Waals surface area contributed by atoms with E-state index in [9.17, 15) is 4.79 Å². The van der Waals surface area contributed by atoms with E-state index in [0.29, 0.717) is 19.7 Å². The first-order valence-electron chi connectivity index (χ1n) is 6.42. The van der Waals surface area contributed by atoms with E-state index in [0.717, 1.165) is 5.69 Å². The molecule has 0 bridgehead atoms. The Kier molecular flexibility index (Phi) is 5.98. The second-order valence-electron chi connectivity index (χ2n) is 5.46. The molecule has 0 atom stereocenters. The van der Waals surface area contributed by atoms with Gasteiger partial charge in [0.1, 0.15) is 6.54 Å². The molecule has 0 radical (unpaired) electrons. The lowest BCUT2D eigenvalue weighted by atomic mass is 10.1. The molecular weight excluding hydrogens is 244 g/mol. The number of rotatable bonds is 7. The van der Waals surface area contributed by atoms with Crippen LogP contribution in [0.3, 0.4) is 0 Å². The van der Waals surface area contributed by atoms with Gasteiger partial charge >= 0.3 is 0 Å². The minimum atomic E-state index is -0.0351. The molecular formula is C13H24N4O2. The third kappa shape index (κ3) is 6.35. The van der Waals surface area contributed by atoms with E-state index in [2.05, 4.69) is 36.4 Å². The normalized spacial score (nSPS) is 11.6. The number of hydrogen-bond donors (Lipinski definition) is 2. The molecule has 6 heteroatoms. The van der Waals surface area contributed by atoms with E-state index in [1.54, 1.807) is 19.6 Å². The van der Waals surface area contributed by atoms with Gasteiger partial charge in [-0.25, -0.2) is 4.98 Å². The number of imidazole rings is 1. The number of ether oxygens (including phenoxy) is 1. The molecule has 0 aliphatic heterocycles. The van der Waals surface area contributed by atoms with Crippen molar-refractivity contribution in [2.75, 3.05) is 20.3 Å². The lowest BCUT2D eigenvalue weighted by Crippen LogP contribution is -2.36. The number of methoxy groups -OCH3 is 1. The van der Waals surface area contributed by atoms with Crippen LogP contribution in [-0.4, -0.2) is 41.3 Å². The molecule has 1 aromatic heterocycles. The van der Waals surface area contributed by atoms with Gasteiger partial charge in [-0.2, -0.15) is 0 Å². The molecule has 6 nitrogen and oxygen atoms in total. The number of nitrogens with one attached hydrogen (secondary N) is 2. The van der Waals surface area contributed by atoms with Crippen LogP contribution in [0.4, 0.5) is 0 Å². The van der Waals surface area contributed by atoms with E-state index in [1.165, 1.54) is 0 Å². The summed E-state index contributed by atoms with van der Waals surface area (Å²) in [6, 6.07) is 0. The van der Waals surface area contributed by atoms with Crippen LogP contribution in [0.25, 0.3) is 0 Å². The van der Waals surface area contributed by atoms with Crippen molar-refractivity contribution in [2.45, 2.75) is 39.4 Å². The number of aromatic nitrogens is 2. The standard InChI is InChI=1S/C13H24N4O2/c1-13(2,3)16-8-11-7-14-10-17(11)9-12(18)15-5-6-19-4/h7,10,16H,5-6,8-9H2,1-4H3,(H,15,18). The topological polar surface area (TPSA) is 68.2 Å². The van der Waals surface area contributed by atoms with Crippen molar-refractivity contribution >= 4 is 5.91 Å². The Balaban J connectivity index is 2.46. The van der Waals surface area contributed by atoms with Gasteiger partial charge in [0.25, 0.3) is 0 Å². The highest BCUT2D eigenvalue weighted by atomic mass is 16.5. The highest BCUT2D eigenvalue weighted by molar-refractivity contribution is 5.75. The summed E-state index contributed by atoms with van der Waals surface area (Å²) in [4.78, 5) is 15.8. The van der Waals surface area contributed by atoms with Crippen LogP contribution in [0.2, 0.25) is 0 Å². The maximum absolute atomic E-state index is 11.7. The summed E-state index contributed by atoms with van der Waals surface area (Å²) in [6.07, 6.45) is 3.46. The monoisotopic (exact) mass is 268 g/mol. The van der Waals surface area contributed by atoms with Gasteiger partial charge < -0.3 is 19.9 Å². The van der Waals surface area contributed by atoms with Crippen molar-refractivity contribution in [1.29, 1.82) is 0 Å². The smallest absolute Gasteiger partial charge is 0.240 e. The quantitative estimate of drug-likeness (QED) is 0.708. The maximum Gasteiger partial charge on any atom is 0.240 e. The van der Waals surface area contributed by atoms with Gasteiger partial charge in [0.05, 0.1) is 18.6 Å². The Morgan fingerprint density at radius 1 is 1.47 bits per heavy atom. The molecule has 0 unspecified atom stereocenters. The molecule has 0 saturated heterocycles. The second-order valence-corrected chi connectivity index (χ2v) is 5.46. The van der Waals surface area contributed by atoms with Crippen LogP contribution in [0.1, 0.15) is 26.5 Å². The molecule has 0 aromatic carbocycles. The van der Waals surface area contributed by atoms with Crippen molar-refractivity contribution in [3.63, 3.8) is 0 Å². The largest absolute Gasteiger partial charge is 0.383 e. The molecule has 19 heavy (non-hydrogen) atoms. The van der Waals surface area contributed by atoms with Gasteiger partial charge in [-0.1, -0.05) is 0 Å². The van der Waals surface area contributed by atoms with Crippen LogP contribution >= 0.6 is 0 Å². The summed E-state index contributed by atoms with van der Waals surface area (Å²) in [5.41, 5.74) is 1.03. The van der Waals surface area contributed by atoms with E-state index in [4.69, 9.17) is 4.74 Å². The van der Waals surface area contributed by atoms with E-state index in [-0.39, 0.29) is 18.0 Å². The predicted molar refractivity (Wildman–Crippen MR) is 73.7 cm³/mol. The van der Waals surface area contributed by atoms with Crippen LogP contribution < -0.4 is 10.6 Å². The van der Waals surface area contributed by atoms with Crippen LogP contribution in [0.15, 0.2) is 12.5 Å². The zero-order chi connectivity index (χ0) is 14.3. The minimum absolute atomic E-state index is 0.0351. The first-order valence-corrected chi connectivity index (χ1v) is 6.42. The van der Waals surface area contributed by atoms with E-state index < -0.39 is 0 Å². The summed E-state index contributed by atoms with van der Waals surface area (Å²) >= 11 is 0. The highest BCUT2D eigenvalue weighted by Crippen LogP contribution is 2.04. The first-order chi connectivity index (χ1) is 8.92. The minimum Gasteiger partial charge on any atom is -0.383 e. The lowest BCUT2D eigenvalue weighted by Gasteiger charge is -2.20. The molecule has 1 rings (SSSR count). The Bertz CT molecular complexity index is 396. The molecule has 1 aromatic rings. The lowest BCUT2D eigenvalue weighted by molar-refractivity contribution is -0.121. The fourth-order valence-electron chi connectivity index (χ4n) is 1.50. The molecule has 0 fully saturated rings. The molecule has 108 valence electrons. The fraction of sp³-hybridized carbons (Fsp3) is 0.692. The van der Waals surface area contributed by atoms with Gasteiger partial charge in [0.2, 0.25) is 5.91 Å². The van der Waals surface area contributed by atoms with Crippen molar-refractivity contribution in [3.05, 3.63) is 18.2 Å². The van der Waals surface area contributed by atoms with Gasteiger partial charge in [0, 0.05) is 31.9 Å². The second kappa shape index (κ2) is 7.25. The van der Waals surface area contributed by atoms with Crippen LogP contribution in [-0.2, 0) is 22.6 Å². The number of carbonyl (C=O) groups is 1. The summed E-state index contributed by atoms with van der Waals surface area (Å²) in [5.74, 6) is -0.0351. The van der Waals surface area contributed by atoms with Crippen LogP contribution in [0, 0.1) is 0 Å². The summed E-state index contributed by atoms with van der Waals surface area (Å²) < 4.78 is 6.73. The molecule has 0 saturated carbocycles. The van der Waals surface area contributed by atoms with E-state index >= 15 is 0 Å². The molecule has 2 N–H and O–H groups in total. The highest BCUT2D eigenvalue weighted by Gasteiger charge is 2.11. The Morgan fingerprint density at radius 3 is 2.84 bits per heavy atom. The predicted octanol–water partition coefficient (Wildman–Crippen LogP) is 0.534. The number of amides is 1. The molecule has 1 amide bonds. The van der Waals surface area contributed by atoms with Gasteiger partial charge in [-0.3, -0.25) is 4.79 Å². The zero-order valence-corrected chi connectivity index (χ0v) is 12.2. The van der Waals surface area contributed by atoms with Gasteiger partial charge in [-0.15, -0.1) is 0 Å².